The average molecular weight is 475 g/mol. The molecule has 1 unspecified atom stereocenters. The molecule has 6 nitrogen and oxygen atoms in total. The van der Waals surface area contributed by atoms with E-state index in [0.717, 1.165) is 40.3 Å². The van der Waals surface area contributed by atoms with Gasteiger partial charge in [0.25, 0.3) is 0 Å². The SMILES string of the molecule is C[CH](C)[Sn][c]1ccc2nc(N3CCC(NC(=O)OC(C)(C)C)C3)ccc2n1. The van der Waals surface area contributed by atoms with Crippen molar-refractivity contribution in [3.05, 3.63) is 24.3 Å². The van der Waals surface area contributed by atoms with Gasteiger partial charge in [-0.1, -0.05) is 0 Å². The van der Waals surface area contributed by atoms with Crippen LogP contribution in [0.4, 0.5) is 10.6 Å². The Labute approximate surface area is 171 Å². The number of fused-ring (bicyclic) bond motifs is 1. The van der Waals surface area contributed by atoms with Crippen molar-refractivity contribution < 1.29 is 9.53 Å². The Kier molecular flexibility index (Phi) is 6.13. The number of ether oxygens (including phenoxy) is 1. The van der Waals surface area contributed by atoms with Gasteiger partial charge >= 0.3 is 145 Å². The fourth-order valence-corrected chi connectivity index (χ4v) is 5.84. The van der Waals surface area contributed by atoms with Gasteiger partial charge in [0.2, 0.25) is 0 Å². The van der Waals surface area contributed by atoms with Crippen LogP contribution >= 0.6 is 0 Å². The Morgan fingerprint density at radius 2 is 1.93 bits per heavy atom. The van der Waals surface area contributed by atoms with Crippen LogP contribution in [0.3, 0.4) is 0 Å². The molecule has 144 valence electrons. The molecule has 0 aliphatic carbocycles. The Bertz CT molecular complexity index is 819. The van der Waals surface area contributed by atoms with Crippen molar-refractivity contribution >= 4 is 47.8 Å². The van der Waals surface area contributed by atoms with Crippen LogP contribution in [0, 0.1) is 0 Å². The number of rotatable bonds is 4. The molecular formula is C20H28N4O2Sn. The van der Waals surface area contributed by atoms with Gasteiger partial charge in [-0.2, -0.15) is 0 Å². The van der Waals surface area contributed by atoms with Crippen LogP contribution in [0.15, 0.2) is 24.3 Å². The molecule has 0 spiro atoms. The van der Waals surface area contributed by atoms with Crippen molar-refractivity contribution in [1.29, 1.82) is 0 Å². The van der Waals surface area contributed by atoms with Crippen LogP contribution in [0.2, 0.25) is 3.93 Å². The van der Waals surface area contributed by atoms with Crippen molar-refractivity contribution in [1.82, 2.24) is 15.3 Å². The third kappa shape index (κ3) is 5.70. The van der Waals surface area contributed by atoms with Crippen LogP contribution in [0.5, 0.6) is 0 Å². The number of nitrogens with one attached hydrogen (secondary N) is 1. The number of nitrogens with zero attached hydrogens (tertiary/aromatic N) is 3. The second-order valence-electron chi connectivity index (χ2n) is 8.28. The van der Waals surface area contributed by atoms with Crippen molar-refractivity contribution in [2.45, 2.75) is 56.6 Å². The molecule has 2 radical (unpaired) electrons. The number of amides is 1. The molecule has 3 heterocycles. The summed E-state index contributed by atoms with van der Waals surface area (Å²) in [6.45, 7) is 11.8. The fourth-order valence-electron chi connectivity index (χ4n) is 3.11. The molecule has 1 aliphatic heterocycles. The van der Waals surface area contributed by atoms with Gasteiger partial charge in [0.1, 0.15) is 5.60 Å². The monoisotopic (exact) mass is 476 g/mol. The van der Waals surface area contributed by atoms with Crippen LogP contribution in [-0.4, -0.2) is 61.9 Å². The standard InChI is InChI=1S/C17H21N4O2.C3H7.Sn/c1-17(2,3)23-16(22)19-12-8-10-21(11-12)15-7-6-13-14(20-15)5-4-9-18-13;1-3-2;/h4-7,12H,8,10-11H2,1-3H3,(H,19,22);3H,1-2H3;. The summed E-state index contributed by atoms with van der Waals surface area (Å²) in [6, 6.07) is 8.42. The molecule has 3 rings (SSSR count). The van der Waals surface area contributed by atoms with E-state index in [1.165, 1.54) is 3.71 Å². The van der Waals surface area contributed by atoms with Crippen LogP contribution in [-0.2, 0) is 4.74 Å². The zero-order chi connectivity index (χ0) is 19.6. The van der Waals surface area contributed by atoms with Gasteiger partial charge in [-0.05, 0) is 20.8 Å². The first-order valence-corrected chi connectivity index (χ1v) is 12.6. The summed E-state index contributed by atoms with van der Waals surface area (Å²) < 4.78 is 7.38. The van der Waals surface area contributed by atoms with Gasteiger partial charge in [-0.3, -0.25) is 0 Å². The molecule has 2 aromatic heterocycles. The first-order chi connectivity index (χ1) is 12.7. The number of hydrogen-bond acceptors (Lipinski definition) is 5. The number of aromatic nitrogens is 2. The molecule has 1 aliphatic rings. The molecule has 0 saturated carbocycles. The topological polar surface area (TPSA) is 67.4 Å². The second-order valence-corrected chi connectivity index (χ2v) is 13.9. The summed E-state index contributed by atoms with van der Waals surface area (Å²) in [6.07, 6.45) is 0.532. The molecule has 1 fully saturated rings. The molecule has 1 N–H and O–H groups in total. The molecule has 1 atom stereocenters. The van der Waals surface area contributed by atoms with E-state index in [2.05, 4.69) is 42.3 Å². The van der Waals surface area contributed by atoms with Gasteiger partial charge in [0.15, 0.2) is 0 Å². The number of hydrogen-bond donors (Lipinski definition) is 1. The molecule has 1 amide bonds. The second kappa shape index (κ2) is 8.20. The van der Waals surface area contributed by atoms with E-state index < -0.39 is 26.7 Å². The van der Waals surface area contributed by atoms with Crippen molar-refractivity contribution in [3.63, 3.8) is 0 Å². The van der Waals surface area contributed by atoms with Crippen molar-refractivity contribution in [2.24, 2.45) is 0 Å². The van der Waals surface area contributed by atoms with Crippen LogP contribution in [0.25, 0.3) is 11.0 Å². The van der Waals surface area contributed by atoms with E-state index in [9.17, 15) is 4.79 Å². The normalized spacial score (nSPS) is 17.6. The number of carbonyl (C=O) groups excluding carboxylic acids is 1. The van der Waals surface area contributed by atoms with Gasteiger partial charge < -0.3 is 0 Å². The third-order valence-electron chi connectivity index (χ3n) is 4.20. The summed E-state index contributed by atoms with van der Waals surface area (Å²) in [5, 5.41) is 2.96. The van der Waals surface area contributed by atoms with E-state index >= 15 is 0 Å². The minimum absolute atomic E-state index is 0.0798. The first-order valence-electron chi connectivity index (χ1n) is 9.48. The molecule has 0 bridgehead atoms. The first kappa shape index (κ1) is 20.2. The molecule has 7 heteroatoms. The van der Waals surface area contributed by atoms with E-state index in [-0.39, 0.29) is 12.1 Å². The number of pyridine rings is 2. The maximum atomic E-state index is 12.0. The Balaban J connectivity index is 1.65. The van der Waals surface area contributed by atoms with Gasteiger partial charge in [0.05, 0.1) is 0 Å². The molecule has 1 saturated heterocycles. The molecule has 2 aromatic rings. The average Bonchev–Trinajstić information content (AvgIpc) is 3.00. The van der Waals surface area contributed by atoms with Crippen molar-refractivity contribution in [2.75, 3.05) is 18.0 Å². The Hall–Kier alpha value is -1.57. The van der Waals surface area contributed by atoms with E-state index in [1.807, 2.05) is 26.8 Å². The summed E-state index contributed by atoms with van der Waals surface area (Å²) in [5.41, 5.74) is 1.43. The fraction of sp³-hybridized carbons (Fsp3) is 0.550. The number of alkyl carbamates (subject to hydrolysis) is 1. The number of carbonyl (C=O) groups is 1. The molecular weight excluding hydrogens is 447 g/mol. The summed E-state index contributed by atoms with van der Waals surface area (Å²) in [4.78, 5) is 23.8. The van der Waals surface area contributed by atoms with E-state index in [0.29, 0.717) is 0 Å². The molecule has 0 aromatic carbocycles. The maximum absolute atomic E-state index is 12.0. The number of anilines is 1. The van der Waals surface area contributed by atoms with E-state index in [4.69, 9.17) is 14.7 Å². The third-order valence-corrected chi connectivity index (χ3v) is 7.48. The van der Waals surface area contributed by atoms with Crippen LogP contribution in [0.1, 0.15) is 41.0 Å². The van der Waals surface area contributed by atoms with Gasteiger partial charge in [0, 0.05) is 0 Å². The predicted molar refractivity (Wildman–Crippen MR) is 110 cm³/mol. The molecule has 27 heavy (non-hydrogen) atoms. The zero-order valence-corrected chi connectivity index (χ0v) is 19.6. The summed E-state index contributed by atoms with van der Waals surface area (Å²) in [5.74, 6) is 0.939. The Morgan fingerprint density at radius 1 is 1.22 bits per heavy atom. The summed E-state index contributed by atoms with van der Waals surface area (Å²) in [7, 11) is 0. The quantitative estimate of drug-likeness (QED) is 0.690. The van der Waals surface area contributed by atoms with Crippen molar-refractivity contribution in [3.8, 4) is 0 Å². The van der Waals surface area contributed by atoms with E-state index in [1.54, 1.807) is 0 Å². The van der Waals surface area contributed by atoms with Crippen LogP contribution < -0.4 is 13.9 Å². The van der Waals surface area contributed by atoms with Gasteiger partial charge in [-0.15, -0.1) is 0 Å². The Morgan fingerprint density at radius 3 is 2.63 bits per heavy atom. The summed E-state index contributed by atoms with van der Waals surface area (Å²) >= 11 is -0.611. The van der Waals surface area contributed by atoms with Gasteiger partial charge in [-0.25, -0.2) is 0 Å². The predicted octanol–water partition coefficient (Wildman–Crippen LogP) is 2.89. The minimum atomic E-state index is -0.611. The zero-order valence-electron chi connectivity index (χ0n) is 16.7.